The summed E-state index contributed by atoms with van der Waals surface area (Å²) in [6, 6.07) is 42.8. The molecule has 6 aromatic carbocycles. The largest absolute Gasteiger partial charge is 0.497 e. The third kappa shape index (κ3) is 10.3. The second-order valence-corrected chi connectivity index (χ2v) is 13.0. The topological polar surface area (TPSA) is 64.6 Å². The third-order valence-electron chi connectivity index (χ3n) is 9.41. The number of methoxy groups -OCH3 is 5. The number of hydrogen-bond donors (Lipinski definition) is 0. The van der Waals surface area contributed by atoms with Gasteiger partial charge in [-0.15, -0.1) is 0 Å². The number of ether oxygens (including phenoxy) is 7. The van der Waals surface area contributed by atoms with Gasteiger partial charge in [-0.3, -0.25) is 0 Å². The first-order valence-electron chi connectivity index (χ1n) is 18.2. The summed E-state index contributed by atoms with van der Waals surface area (Å²) >= 11 is 0. The zero-order chi connectivity index (χ0) is 37.7. The first-order valence-corrected chi connectivity index (χ1v) is 18.2. The summed E-state index contributed by atoms with van der Waals surface area (Å²) in [6.07, 6.45) is 5.03. The van der Waals surface area contributed by atoms with Crippen LogP contribution in [0.15, 0.2) is 127 Å². The molecule has 0 atom stereocenters. The van der Waals surface area contributed by atoms with Crippen LogP contribution in [0, 0.1) is 0 Å². The van der Waals surface area contributed by atoms with Crippen molar-refractivity contribution in [2.75, 3.05) is 35.5 Å². The summed E-state index contributed by atoms with van der Waals surface area (Å²) in [5.74, 6) is 6.41. The van der Waals surface area contributed by atoms with Crippen molar-refractivity contribution in [3.63, 3.8) is 0 Å². The Morgan fingerprint density at radius 2 is 0.667 bits per heavy atom. The molecule has 6 aromatic rings. The molecule has 0 unspecified atom stereocenters. The highest BCUT2D eigenvalue weighted by molar-refractivity contribution is 5.51. The van der Waals surface area contributed by atoms with Crippen molar-refractivity contribution in [2.45, 2.75) is 38.5 Å². The van der Waals surface area contributed by atoms with Crippen molar-refractivity contribution < 1.29 is 33.2 Å². The molecule has 0 radical (unpaired) electrons. The highest BCUT2D eigenvalue weighted by Gasteiger charge is 2.14. The molecule has 0 fully saturated rings. The molecule has 0 aromatic heterocycles. The van der Waals surface area contributed by atoms with E-state index in [1.165, 1.54) is 16.7 Å². The Balaban J connectivity index is 1.26. The predicted octanol–water partition coefficient (Wildman–Crippen LogP) is 10.7. The van der Waals surface area contributed by atoms with Crippen LogP contribution in [0.3, 0.4) is 0 Å². The van der Waals surface area contributed by atoms with Crippen LogP contribution < -0.4 is 33.2 Å². The molecule has 0 aliphatic rings. The monoisotopic (exact) mass is 724 g/mol. The van der Waals surface area contributed by atoms with Crippen LogP contribution in [0.5, 0.6) is 51.7 Å². The van der Waals surface area contributed by atoms with Crippen molar-refractivity contribution in [3.05, 3.63) is 161 Å². The minimum absolute atomic E-state index is 0.638. The second-order valence-electron chi connectivity index (χ2n) is 13.0. The van der Waals surface area contributed by atoms with Gasteiger partial charge in [0, 0.05) is 6.07 Å². The fraction of sp³-hybridized carbons (Fsp3) is 0.234. The first kappa shape index (κ1) is 37.7. The fourth-order valence-corrected chi connectivity index (χ4v) is 6.34. The van der Waals surface area contributed by atoms with Crippen LogP contribution in [-0.2, 0) is 38.5 Å². The van der Waals surface area contributed by atoms with Gasteiger partial charge in [0.05, 0.1) is 35.5 Å². The van der Waals surface area contributed by atoms with Gasteiger partial charge in [-0.25, -0.2) is 0 Å². The quantitative estimate of drug-likeness (QED) is 0.0874. The number of hydrogen-bond acceptors (Lipinski definition) is 7. The zero-order valence-electron chi connectivity index (χ0n) is 31.7. The third-order valence-corrected chi connectivity index (χ3v) is 9.41. The summed E-state index contributed by atoms with van der Waals surface area (Å²) in [7, 11) is 8.37. The van der Waals surface area contributed by atoms with Crippen LogP contribution in [0.25, 0.3) is 0 Å². The molecule has 54 heavy (non-hydrogen) atoms. The lowest BCUT2D eigenvalue weighted by Gasteiger charge is -2.16. The average molecular weight is 725 g/mol. The van der Waals surface area contributed by atoms with Crippen molar-refractivity contribution in [2.24, 2.45) is 0 Å². The summed E-state index contributed by atoms with van der Waals surface area (Å²) < 4.78 is 40.9. The Bertz CT molecular complexity index is 1980. The molecule has 0 bridgehead atoms. The van der Waals surface area contributed by atoms with E-state index in [4.69, 9.17) is 33.2 Å². The average Bonchev–Trinajstić information content (AvgIpc) is 3.22. The van der Waals surface area contributed by atoms with Gasteiger partial charge in [0.25, 0.3) is 0 Å². The first-order chi connectivity index (χ1) is 26.4. The van der Waals surface area contributed by atoms with Crippen molar-refractivity contribution in [1.29, 1.82) is 0 Å². The maximum atomic E-state index is 6.63. The highest BCUT2D eigenvalue weighted by Crippen LogP contribution is 2.38. The maximum absolute atomic E-state index is 6.63. The standard InChI is InChI=1S/C47H48O7/c1-48-39-21-15-33(16-22-39)9-11-36-19-25-44(51-4)46(30-36)53-42-28-38(14-13-35-7-6-8-41(27-35)50-3)29-43(32-42)54-47-31-37(20-26-45(47)52-5)12-10-34-17-23-40(49-2)24-18-34/h6-8,15-32H,9-14H2,1-5H3. The fourth-order valence-electron chi connectivity index (χ4n) is 6.34. The molecule has 7 heteroatoms. The lowest BCUT2D eigenvalue weighted by atomic mass is 10.0. The highest BCUT2D eigenvalue weighted by atomic mass is 16.5. The normalized spacial score (nSPS) is 10.8. The van der Waals surface area contributed by atoms with E-state index >= 15 is 0 Å². The smallest absolute Gasteiger partial charge is 0.169 e. The van der Waals surface area contributed by atoms with Crippen LogP contribution in [0.4, 0.5) is 0 Å². The molecule has 6 rings (SSSR count). The Kier molecular flexibility index (Phi) is 13.0. The van der Waals surface area contributed by atoms with E-state index in [2.05, 4.69) is 72.8 Å². The number of aryl methyl sites for hydroxylation is 6. The molecule has 0 amide bonds. The van der Waals surface area contributed by atoms with E-state index in [9.17, 15) is 0 Å². The molecule has 278 valence electrons. The van der Waals surface area contributed by atoms with Gasteiger partial charge >= 0.3 is 0 Å². The van der Waals surface area contributed by atoms with E-state index in [1.54, 1.807) is 35.5 Å². The van der Waals surface area contributed by atoms with E-state index in [-0.39, 0.29) is 0 Å². The van der Waals surface area contributed by atoms with Gasteiger partial charge in [0.1, 0.15) is 28.7 Å². The number of rotatable bonds is 18. The zero-order valence-corrected chi connectivity index (χ0v) is 31.7. The lowest BCUT2D eigenvalue weighted by Crippen LogP contribution is -1.98. The van der Waals surface area contributed by atoms with E-state index in [0.717, 1.165) is 72.5 Å². The summed E-state index contributed by atoms with van der Waals surface area (Å²) in [6.45, 7) is 0. The van der Waals surface area contributed by atoms with Crippen LogP contribution in [-0.4, -0.2) is 35.5 Å². The van der Waals surface area contributed by atoms with E-state index < -0.39 is 0 Å². The van der Waals surface area contributed by atoms with Gasteiger partial charge < -0.3 is 33.2 Å². The predicted molar refractivity (Wildman–Crippen MR) is 214 cm³/mol. The van der Waals surface area contributed by atoms with Crippen molar-refractivity contribution in [1.82, 2.24) is 0 Å². The lowest BCUT2D eigenvalue weighted by molar-refractivity contribution is 0.372. The summed E-state index contributed by atoms with van der Waals surface area (Å²) in [5.41, 5.74) is 7.00. The van der Waals surface area contributed by atoms with Gasteiger partial charge in [-0.2, -0.15) is 0 Å². The van der Waals surface area contributed by atoms with Gasteiger partial charge in [-0.1, -0.05) is 48.5 Å². The van der Waals surface area contributed by atoms with Crippen LogP contribution in [0.2, 0.25) is 0 Å². The molecule has 7 nitrogen and oxygen atoms in total. The Morgan fingerprint density at radius 1 is 0.278 bits per heavy atom. The minimum Gasteiger partial charge on any atom is -0.497 e. The van der Waals surface area contributed by atoms with Gasteiger partial charge in [0.15, 0.2) is 23.0 Å². The van der Waals surface area contributed by atoms with Gasteiger partial charge in [0.2, 0.25) is 0 Å². The molecule has 0 saturated carbocycles. The SMILES string of the molecule is COc1ccc(CCc2ccc(OC)c(Oc3cc(CCc4cccc(OC)c4)cc(Oc4cc(CCc5ccc(OC)cc5)ccc4OC)c3)c2)cc1. The second kappa shape index (κ2) is 18.6. The summed E-state index contributed by atoms with van der Waals surface area (Å²) in [4.78, 5) is 0. The van der Waals surface area contributed by atoms with Crippen LogP contribution in [0.1, 0.15) is 33.4 Å². The van der Waals surface area contributed by atoms with Crippen molar-refractivity contribution >= 4 is 0 Å². The molecule has 0 aliphatic heterocycles. The van der Waals surface area contributed by atoms with Crippen molar-refractivity contribution in [3.8, 4) is 51.7 Å². The molecular weight excluding hydrogens is 677 g/mol. The Labute approximate surface area is 319 Å². The van der Waals surface area contributed by atoms with Gasteiger partial charge in [-0.05, 0) is 145 Å². The molecule has 0 N–H and O–H groups in total. The van der Waals surface area contributed by atoms with E-state index in [0.29, 0.717) is 34.5 Å². The molecule has 0 heterocycles. The molecule has 0 spiro atoms. The number of benzene rings is 6. The maximum Gasteiger partial charge on any atom is 0.169 e. The molecular formula is C47H48O7. The van der Waals surface area contributed by atoms with Crippen LogP contribution >= 0.6 is 0 Å². The Morgan fingerprint density at radius 3 is 1.11 bits per heavy atom. The molecule has 0 saturated heterocycles. The minimum atomic E-state index is 0.638. The summed E-state index contributed by atoms with van der Waals surface area (Å²) in [5, 5.41) is 0. The van der Waals surface area contributed by atoms with E-state index in [1.807, 2.05) is 54.6 Å². The molecule has 0 aliphatic carbocycles. The Hall–Kier alpha value is -6.08.